The average molecular weight is 309 g/mol. The zero-order valence-electron chi connectivity index (χ0n) is 11.4. The first-order valence-electron chi connectivity index (χ1n) is 4.96. The third-order valence-electron chi connectivity index (χ3n) is 1.39. The van der Waals surface area contributed by atoms with Crippen LogP contribution in [0.4, 0.5) is 0 Å². The Kier molecular flexibility index (Phi) is 10.9. The van der Waals surface area contributed by atoms with Crippen molar-refractivity contribution in [2.45, 2.75) is 20.8 Å². The molecule has 0 amide bonds. The van der Waals surface area contributed by atoms with Crippen LogP contribution >= 0.6 is 0 Å². The molecule has 0 N–H and O–H groups in total. The summed E-state index contributed by atoms with van der Waals surface area (Å²) in [5.74, 6) is 1.42. The van der Waals surface area contributed by atoms with Crippen molar-refractivity contribution in [2.75, 3.05) is 42.3 Å². The van der Waals surface area contributed by atoms with Gasteiger partial charge in [-0.3, -0.25) is 0 Å². The number of rotatable bonds is 3. The summed E-state index contributed by atoms with van der Waals surface area (Å²) in [6.45, 7) is 6.25. The molecule has 14 heavy (non-hydrogen) atoms. The van der Waals surface area contributed by atoms with Gasteiger partial charge in [-0.05, 0) is 5.92 Å². The van der Waals surface area contributed by atoms with Gasteiger partial charge in [-0.25, -0.2) is 0 Å². The zero-order chi connectivity index (χ0) is 11.9. The van der Waals surface area contributed by atoms with Crippen molar-refractivity contribution in [1.29, 1.82) is 0 Å². The first kappa shape index (κ1) is 17.1. The molecule has 0 aromatic rings. The fraction of sp³-hybridized carbons (Fsp3) is 0.900. The molecule has 0 unspecified atom stereocenters. The fourth-order valence-corrected chi connectivity index (χ4v) is 9.30. The van der Waals surface area contributed by atoms with Crippen LogP contribution in [0.5, 0.6) is 0 Å². The van der Waals surface area contributed by atoms with Gasteiger partial charge in [0, 0.05) is 0 Å². The van der Waals surface area contributed by atoms with Crippen LogP contribution in [0.1, 0.15) is 20.8 Å². The van der Waals surface area contributed by atoms with E-state index in [1.54, 1.807) is 0 Å². The molecule has 0 saturated carbocycles. The molecule has 1 radical (unpaired) electrons. The van der Waals surface area contributed by atoms with Gasteiger partial charge in [0.15, 0.2) is 0 Å². The Morgan fingerprint density at radius 2 is 0.786 bits per heavy atom. The summed E-state index contributed by atoms with van der Waals surface area (Å²) in [6, 6.07) is 0. The van der Waals surface area contributed by atoms with Crippen molar-refractivity contribution < 1.29 is 0 Å². The van der Waals surface area contributed by atoms with E-state index in [2.05, 4.69) is 72.4 Å². The van der Waals surface area contributed by atoms with Gasteiger partial charge in [0.05, 0.1) is 0 Å². The summed E-state index contributed by atoms with van der Waals surface area (Å²) in [5.41, 5.74) is 0. The molecule has 0 aromatic carbocycles. The summed E-state index contributed by atoms with van der Waals surface area (Å²) in [5, 5.41) is 0. The van der Waals surface area contributed by atoms with Crippen LogP contribution in [-0.2, 0) is 0 Å². The van der Waals surface area contributed by atoms with Crippen LogP contribution in [0.2, 0.25) is 0 Å². The van der Waals surface area contributed by atoms with E-state index in [0.29, 0.717) is 0 Å². The van der Waals surface area contributed by atoms with E-state index in [0.717, 1.165) is 0 Å². The average Bonchev–Trinajstić information content (AvgIpc) is 1.80. The minimum absolute atomic E-state index is 1.42. The molecule has 3 nitrogen and oxygen atoms in total. The third-order valence-corrected chi connectivity index (χ3v) is 9.30. The SMILES string of the molecule is C[C](C)C.C[N](C)[SnH]([N](C)C)[N](C)C. The van der Waals surface area contributed by atoms with E-state index in [1.165, 1.54) is 5.92 Å². The molecule has 0 aliphatic rings. The predicted octanol–water partition coefficient (Wildman–Crippen LogP) is 1.01. The molecule has 0 aliphatic carbocycles. The van der Waals surface area contributed by atoms with Gasteiger partial charge < -0.3 is 0 Å². The van der Waals surface area contributed by atoms with E-state index < -0.39 is 20.6 Å². The number of nitrogens with zero attached hydrogens (tertiary/aromatic N) is 3. The van der Waals surface area contributed by atoms with Crippen LogP contribution in [0.3, 0.4) is 0 Å². The van der Waals surface area contributed by atoms with Crippen LogP contribution in [-0.4, -0.2) is 72.2 Å². The van der Waals surface area contributed by atoms with E-state index in [-0.39, 0.29) is 0 Å². The van der Waals surface area contributed by atoms with Gasteiger partial charge >= 0.3 is 72.2 Å². The van der Waals surface area contributed by atoms with Crippen molar-refractivity contribution in [1.82, 2.24) is 9.36 Å². The molecule has 0 atom stereocenters. The quantitative estimate of drug-likeness (QED) is 0.721. The van der Waals surface area contributed by atoms with Gasteiger partial charge in [0.1, 0.15) is 0 Å². The van der Waals surface area contributed by atoms with Gasteiger partial charge in [-0.15, -0.1) is 0 Å². The van der Waals surface area contributed by atoms with Crippen molar-refractivity contribution in [3.05, 3.63) is 5.92 Å². The van der Waals surface area contributed by atoms with Crippen LogP contribution < -0.4 is 0 Å². The van der Waals surface area contributed by atoms with Crippen LogP contribution in [0.15, 0.2) is 0 Å². The topological polar surface area (TPSA) is 9.72 Å². The molecular weight excluding hydrogens is 281 g/mol. The normalized spacial score (nSPS) is 11.6. The van der Waals surface area contributed by atoms with E-state index >= 15 is 0 Å². The molecular formula is C10H28N3Sn. The monoisotopic (exact) mass is 310 g/mol. The first-order valence-corrected chi connectivity index (χ1v) is 9.38. The summed E-state index contributed by atoms with van der Waals surface area (Å²) < 4.78 is 7.13. The molecule has 0 spiro atoms. The Labute approximate surface area is 98.9 Å². The first-order chi connectivity index (χ1) is 6.20. The predicted molar refractivity (Wildman–Crippen MR) is 68.5 cm³/mol. The maximum absolute atomic E-state index is 2.38. The molecule has 0 saturated heterocycles. The molecule has 0 rings (SSSR count). The van der Waals surface area contributed by atoms with Crippen LogP contribution in [0.25, 0.3) is 0 Å². The van der Waals surface area contributed by atoms with Gasteiger partial charge in [-0.2, -0.15) is 0 Å². The molecule has 0 bridgehead atoms. The van der Waals surface area contributed by atoms with Crippen molar-refractivity contribution in [3.63, 3.8) is 0 Å². The Morgan fingerprint density at radius 1 is 0.643 bits per heavy atom. The second-order valence-corrected chi connectivity index (χ2v) is 15.6. The zero-order valence-corrected chi connectivity index (χ0v) is 14.7. The number of hydrogen-bond acceptors (Lipinski definition) is 3. The second-order valence-electron chi connectivity index (χ2n) is 4.74. The summed E-state index contributed by atoms with van der Waals surface area (Å²) in [4.78, 5) is 0. The Bertz CT molecular complexity index is 103. The number of hydrogen-bond donors (Lipinski definition) is 0. The van der Waals surface area contributed by atoms with E-state index in [1.807, 2.05) is 0 Å². The standard InChI is InChI=1S/C4H9.3C2H6N.Sn.H/c1-4(2)3;3*1-3-2;;/h1-3H3;3*1-2H3;;/q;3*-1;+3;. The van der Waals surface area contributed by atoms with Gasteiger partial charge in [0.25, 0.3) is 0 Å². The fourth-order valence-electron chi connectivity index (χ4n) is 1.39. The Morgan fingerprint density at radius 3 is 0.786 bits per heavy atom. The van der Waals surface area contributed by atoms with Crippen molar-refractivity contribution in [3.8, 4) is 0 Å². The van der Waals surface area contributed by atoms with Crippen molar-refractivity contribution >= 4 is 20.6 Å². The van der Waals surface area contributed by atoms with Crippen LogP contribution in [0, 0.1) is 5.92 Å². The molecule has 0 aliphatic heterocycles. The minimum atomic E-state index is -1.64. The van der Waals surface area contributed by atoms with E-state index in [4.69, 9.17) is 0 Å². The van der Waals surface area contributed by atoms with E-state index in [9.17, 15) is 0 Å². The Hall–Kier alpha value is 0.679. The molecule has 87 valence electrons. The third kappa shape index (κ3) is 10.8. The molecule has 4 heteroatoms. The second kappa shape index (κ2) is 8.94. The van der Waals surface area contributed by atoms with Gasteiger partial charge in [-0.1, -0.05) is 20.8 Å². The summed E-state index contributed by atoms with van der Waals surface area (Å²) in [7, 11) is 13.0. The molecule has 0 aromatic heterocycles. The molecule has 0 heterocycles. The van der Waals surface area contributed by atoms with Gasteiger partial charge in [0.2, 0.25) is 0 Å². The summed E-state index contributed by atoms with van der Waals surface area (Å²) >= 11 is -1.64. The molecule has 0 fully saturated rings. The Balaban J connectivity index is 0. The maximum atomic E-state index is 2.38. The van der Waals surface area contributed by atoms with Crippen molar-refractivity contribution in [2.24, 2.45) is 0 Å². The summed E-state index contributed by atoms with van der Waals surface area (Å²) in [6.07, 6.45) is 0.